The Kier molecular flexibility index (Phi) is 9.03. The van der Waals surface area contributed by atoms with Gasteiger partial charge in [-0.1, -0.05) is 70.2 Å². The van der Waals surface area contributed by atoms with Gasteiger partial charge in [0.15, 0.2) is 0 Å². The predicted octanol–water partition coefficient (Wildman–Crippen LogP) is 6.30. The normalized spacial score (nSPS) is 18.0. The Morgan fingerprint density at radius 2 is 1.08 bits per heavy atom. The first-order valence-electron chi connectivity index (χ1n) is 15.5. The second kappa shape index (κ2) is 12.5. The van der Waals surface area contributed by atoms with Gasteiger partial charge >= 0.3 is 0 Å². The largest absolute Gasteiger partial charge is 0.358 e. The van der Waals surface area contributed by atoms with E-state index in [1.165, 1.54) is 12.1 Å². The summed E-state index contributed by atoms with van der Waals surface area (Å²) in [5.74, 6) is 0. The highest BCUT2D eigenvalue weighted by Gasteiger charge is 2.39. The van der Waals surface area contributed by atoms with Gasteiger partial charge in [0.2, 0.25) is 0 Å². The highest BCUT2D eigenvalue weighted by atomic mass is 32.2. The lowest BCUT2D eigenvalue weighted by Crippen LogP contribution is -2.24. The zero-order valence-corrected chi connectivity index (χ0v) is 31.6. The molecule has 4 aromatic rings. The van der Waals surface area contributed by atoms with E-state index in [2.05, 4.69) is 10.3 Å². The van der Waals surface area contributed by atoms with Crippen molar-refractivity contribution in [1.82, 2.24) is 0 Å². The van der Waals surface area contributed by atoms with Crippen LogP contribution in [0.2, 0.25) is 0 Å². The molecule has 6 rings (SSSR count). The molecule has 0 aromatic heterocycles. The molecule has 0 spiro atoms. The van der Waals surface area contributed by atoms with E-state index in [-0.39, 0.29) is 21.5 Å². The Morgan fingerprint density at radius 3 is 1.60 bits per heavy atom. The minimum absolute atomic E-state index is 0.0803. The van der Waals surface area contributed by atoms with Gasteiger partial charge in [0.1, 0.15) is 9.79 Å². The number of hydrogen-bond donors (Lipinski definition) is 5. The molecular formula is C35H32N2O12S4. The molecule has 2 aliphatic rings. The third-order valence-corrected chi connectivity index (χ3v) is 12.7. The molecule has 0 radical (unpaired) electrons. The summed E-state index contributed by atoms with van der Waals surface area (Å²) in [6, 6.07) is 9.86. The zero-order chi connectivity index (χ0) is 39.1. The molecule has 5 N–H and O–H groups in total. The molecule has 14 nitrogen and oxygen atoms in total. The average molecular weight is 801 g/mol. The van der Waals surface area contributed by atoms with E-state index in [0.717, 1.165) is 18.2 Å². The molecule has 4 aromatic carbocycles. The lowest BCUT2D eigenvalue weighted by molar-refractivity contribution is 0.477. The van der Waals surface area contributed by atoms with Crippen molar-refractivity contribution in [3.05, 3.63) is 108 Å². The van der Waals surface area contributed by atoms with Crippen molar-refractivity contribution in [3.63, 3.8) is 0 Å². The maximum atomic E-state index is 12.4. The highest BCUT2D eigenvalue weighted by molar-refractivity contribution is 7.87. The van der Waals surface area contributed by atoms with Crippen LogP contribution in [-0.4, -0.2) is 57.6 Å². The SMILES string of the molecule is CC1(C)C(/C=C/C=C/C=C/C=C2/Nc3ccc4cc(S(=O)(=O)O)cc(S(=O)(=O)O)c4c3C2(C)C)=Nc2ccc3cc(S(=O)(=O)O)cc(S(=O)(=O)O)c3c21. The lowest BCUT2D eigenvalue weighted by Gasteiger charge is -2.23. The smallest absolute Gasteiger partial charge is 0.295 e. The van der Waals surface area contributed by atoms with Gasteiger partial charge in [-0.3, -0.25) is 23.2 Å². The molecule has 18 heteroatoms. The van der Waals surface area contributed by atoms with Gasteiger partial charge in [0.05, 0.1) is 21.2 Å². The summed E-state index contributed by atoms with van der Waals surface area (Å²) in [4.78, 5) is 1.96. The number of anilines is 1. The van der Waals surface area contributed by atoms with Crippen molar-refractivity contribution in [2.24, 2.45) is 4.99 Å². The molecule has 0 amide bonds. The van der Waals surface area contributed by atoms with Crippen molar-refractivity contribution in [2.45, 2.75) is 58.1 Å². The minimum Gasteiger partial charge on any atom is -0.358 e. The minimum atomic E-state index is -4.92. The average Bonchev–Trinajstić information content (AvgIpc) is 3.44. The molecule has 0 atom stereocenters. The van der Waals surface area contributed by atoms with Crippen LogP contribution in [0.15, 0.2) is 121 Å². The summed E-state index contributed by atoms with van der Waals surface area (Å²) in [6.07, 6.45) is 12.1. The Bertz CT molecular complexity index is 2900. The number of aliphatic imine (C=N–C) groups is 1. The van der Waals surface area contributed by atoms with E-state index < -0.39 is 70.9 Å². The zero-order valence-electron chi connectivity index (χ0n) is 28.3. The maximum absolute atomic E-state index is 12.4. The van der Waals surface area contributed by atoms with E-state index in [4.69, 9.17) is 0 Å². The number of rotatable bonds is 8. The monoisotopic (exact) mass is 800 g/mol. The number of fused-ring (bicyclic) bond motifs is 6. The van der Waals surface area contributed by atoms with E-state index in [1.807, 2.05) is 13.8 Å². The van der Waals surface area contributed by atoms with Gasteiger partial charge in [-0.15, -0.1) is 0 Å². The van der Waals surface area contributed by atoms with Gasteiger partial charge in [-0.25, -0.2) is 0 Å². The van der Waals surface area contributed by atoms with Gasteiger partial charge < -0.3 is 5.32 Å². The number of nitrogens with zero attached hydrogens (tertiary/aromatic N) is 1. The fraction of sp³-hybridized carbons (Fsp3) is 0.171. The van der Waals surface area contributed by atoms with Crippen LogP contribution in [0, 0.1) is 0 Å². The predicted molar refractivity (Wildman–Crippen MR) is 199 cm³/mol. The van der Waals surface area contributed by atoms with Crippen LogP contribution in [0.4, 0.5) is 11.4 Å². The first-order chi connectivity index (χ1) is 24.3. The van der Waals surface area contributed by atoms with Crippen LogP contribution in [0.25, 0.3) is 21.5 Å². The first kappa shape index (κ1) is 38.2. The lowest BCUT2D eigenvalue weighted by atomic mass is 9.79. The molecule has 0 aliphatic carbocycles. The van der Waals surface area contributed by atoms with Crippen molar-refractivity contribution < 1.29 is 51.9 Å². The number of benzene rings is 4. The van der Waals surface area contributed by atoms with Crippen molar-refractivity contribution in [1.29, 1.82) is 0 Å². The van der Waals surface area contributed by atoms with Crippen molar-refractivity contribution >= 4 is 79.1 Å². The quantitative estimate of drug-likeness (QED) is 0.0972. The van der Waals surface area contributed by atoms with Crippen molar-refractivity contribution in [2.75, 3.05) is 5.32 Å². The third kappa shape index (κ3) is 6.88. The van der Waals surface area contributed by atoms with Gasteiger partial charge in [-0.2, -0.15) is 33.7 Å². The topological polar surface area (TPSA) is 242 Å². The van der Waals surface area contributed by atoms with Crippen LogP contribution < -0.4 is 5.32 Å². The van der Waals surface area contributed by atoms with Crippen LogP contribution in [0.1, 0.15) is 38.8 Å². The summed E-state index contributed by atoms with van der Waals surface area (Å²) in [5, 5.41) is 3.79. The Morgan fingerprint density at radius 1 is 0.585 bits per heavy atom. The standard InChI is InChI=1S/C35H32N2O12S4/c1-34(2)28(36-24-14-12-20-16-22(50(38,39)40)18-26(52(44,45)46)30(20)32(24)34)10-8-6-5-7-9-11-29-35(3,4)33-25(37-29)15-13-21-17-23(51(41,42)43)19-27(31(21)33)53(47,48)49/h5-19,36H,1-4H3,(H,38,39,40)(H,41,42,43)(H,44,45,46)(H,47,48,49)/b7-5+,8-6+,11-9+,28-10+. The van der Waals surface area contributed by atoms with Gasteiger partial charge in [0, 0.05) is 33.0 Å². The summed E-state index contributed by atoms with van der Waals surface area (Å²) in [7, 11) is -19.4. The number of allylic oxidation sites excluding steroid dienone is 8. The number of hydrogen-bond acceptors (Lipinski definition) is 10. The molecule has 0 bridgehead atoms. The highest BCUT2D eigenvalue weighted by Crippen LogP contribution is 2.49. The van der Waals surface area contributed by atoms with E-state index in [0.29, 0.717) is 40.0 Å². The molecule has 53 heavy (non-hydrogen) atoms. The van der Waals surface area contributed by atoms with E-state index in [9.17, 15) is 51.9 Å². The van der Waals surface area contributed by atoms with Gasteiger partial charge in [0.25, 0.3) is 40.5 Å². The molecule has 0 saturated carbocycles. The molecule has 2 heterocycles. The summed E-state index contributed by atoms with van der Waals surface area (Å²) in [6.45, 7) is 7.24. The first-order valence-corrected chi connectivity index (χ1v) is 21.3. The Balaban J connectivity index is 1.26. The second-order valence-corrected chi connectivity index (χ2v) is 19.1. The van der Waals surface area contributed by atoms with Crippen LogP contribution in [-0.2, 0) is 51.3 Å². The molecular weight excluding hydrogens is 769 g/mol. The molecule has 0 saturated heterocycles. The fourth-order valence-electron chi connectivity index (χ4n) is 6.79. The van der Waals surface area contributed by atoms with Crippen LogP contribution in [0.3, 0.4) is 0 Å². The Labute approximate surface area is 306 Å². The molecule has 2 aliphatic heterocycles. The summed E-state index contributed by atoms with van der Waals surface area (Å²) >= 11 is 0. The second-order valence-electron chi connectivity index (χ2n) is 13.5. The molecule has 278 valence electrons. The van der Waals surface area contributed by atoms with E-state index >= 15 is 0 Å². The van der Waals surface area contributed by atoms with Crippen molar-refractivity contribution in [3.8, 4) is 0 Å². The number of nitrogens with one attached hydrogen (secondary N) is 1. The summed E-state index contributed by atoms with van der Waals surface area (Å²) < 4.78 is 136. The van der Waals surface area contributed by atoms with Gasteiger partial charge in [-0.05, 0) is 70.4 Å². The van der Waals surface area contributed by atoms with Crippen LogP contribution in [0.5, 0.6) is 0 Å². The maximum Gasteiger partial charge on any atom is 0.295 e. The molecule has 0 fully saturated rings. The fourth-order valence-corrected chi connectivity index (χ4v) is 9.54. The molecule has 0 unspecified atom stereocenters. The summed E-state index contributed by atoms with van der Waals surface area (Å²) in [5.41, 5.74) is 1.40. The van der Waals surface area contributed by atoms with E-state index in [1.54, 1.807) is 68.5 Å². The Hall–Kier alpha value is -4.53. The van der Waals surface area contributed by atoms with Crippen LogP contribution >= 0.6 is 0 Å². The third-order valence-electron chi connectivity index (χ3n) is 9.28.